The Morgan fingerprint density at radius 1 is 1.55 bits per heavy atom. The predicted octanol–water partition coefficient (Wildman–Crippen LogP) is 1.66. The summed E-state index contributed by atoms with van der Waals surface area (Å²) in [7, 11) is 0. The summed E-state index contributed by atoms with van der Waals surface area (Å²) in [6.07, 6.45) is 7.44. The van der Waals surface area contributed by atoms with E-state index in [1.165, 1.54) is 23.1 Å². The van der Waals surface area contributed by atoms with Gasteiger partial charge in [0.2, 0.25) is 0 Å². The molecule has 20 heavy (non-hydrogen) atoms. The number of carbonyl (C=O) groups excluding carboxylic acids is 1. The number of nitrogen functional groups attached to an aromatic ring is 1. The number of benzene rings is 1. The van der Waals surface area contributed by atoms with Crippen LogP contribution in [0.5, 0.6) is 0 Å². The average molecular weight is 273 g/mol. The monoisotopic (exact) mass is 273 g/mol. The quantitative estimate of drug-likeness (QED) is 0.382. The molecule has 0 atom stereocenters. The lowest BCUT2D eigenvalue weighted by molar-refractivity contribution is -0.384. The molecule has 0 saturated heterocycles. The fourth-order valence-corrected chi connectivity index (χ4v) is 1.95. The standard InChI is InChI=1S/C14H15N3O3/c1-2-7-16(9-10-3-4-10)14(18)12-8-11(17(19)20)5-6-13(12)15/h1,5-6,8,10H,3-4,7,9,15H2. The van der Waals surface area contributed by atoms with E-state index in [9.17, 15) is 14.9 Å². The number of terminal acetylenes is 1. The van der Waals surface area contributed by atoms with Crippen LogP contribution in [0.2, 0.25) is 0 Å². The van der Waals surface area contributed by atoms with E-state index in [2.05, 4.69) is 5.92 Å². The van der Waals surface area contributed by atoms with Gasteiger partial charge in [0.1, 0.15) is 0 Å². The van der Waals surface area contributed by atoms with Crippen LogP contribution in [0.3, 0.4) is 0 Å². The Balaban J connectivity index is 2.27. The summed E-state index contributed by atoms with van der Waals surface area (Å²) in [5, 5.41) is 10.8. The van der Waals surface area contributed by atoms with Crippen LogP contribution in [0.15, 0.2) is 18.2 Å². The molecular weight excluding hydrogens is 258 g/mol. The van der Waals surface area contributed by atoms with E-state index in [0.29, 0.717) is 12.5 Å². The zero-order valence-electron chi connectivity index (χ0n) is 10.9. The first kappa shape index (κ1) is 13.9. The maximum absolute atomic E-state index is 12.4. The zero-order valence-corrected chi connectivity index (χ0v) is 10.9. The summed E-state index contributed by atoms with van der Waals surface area (Å²) in [5.41, 5.74) is 5.95. The Bertz CT molecular complexity index is 588. The van der Waals surface area contributed by atoms with Crippen molar-refractivity contribution < 1.29 is 9.72 Å². The lowest BCUT2D eigenvalue weighted by Crippen LogP contribution is -2.33. The van der Waals surface area contributed by atoms with E-state index in [-0.39, 0.29) is 29.4 Å². The molecule has 6 nitrogen and oxygen atoms in total. The third-order valence-corrected chi connectivity index (χ3v) is 3.22. The summed E-state index contributed by atoms with van der Waals surface area (Å²) in [6, 6.07) is 3.85. The highest BCUT2D eigenvalue weighted by Gasteiger charge is 2.28. The topological polar surface area (TPSA) is 89.5 Å². The number of nitro benzene ring substituents is 1. The van der Waals surface area contributed by atoms with Crippen LogP contribution >= 0.6 is 0 Å². The van der Waals surface area contributed by atoms with Gasteiger partial charge >= 0.3 is 0 Å². The average Bonchev–Trinajstić information content (AvgIpc) is 3.21. The Morgan fingerprint density at radius 2 is 2.25 bits per heavy atom. The van der Waals surface area contributed by atoms with Crippen molar-refractivity contribution in [2.45, 2.75) is 12.8 Å². The zero-order chi connectivity index (χ0) is 14.7. The lowest BCUT2D eigenvalue weighted by atomic mass is 10.1. The SMILES string of the molecule is C#CCN(CC1CC1)C(=O)c1cc([N+](=O)[O-])ccc1N. The van der Waals surface area contributed by atoms with Gasteiger partial charge in [-0.2, -0.15) is 0 Å². The van der Waals surface area contributed by atoms with E-state index < -0.39 is 4.92 Å². The van der Waals surface area contributed by atoms with Gasteiger partial charge in [-0.1, -0.05) is 5.92 Å². The molecule has 1 aromatic rings. The molecule has 0 radical (unpaired) electrons. The van der Waals surface area contributed by atoms with E-state index in [0.717, 1.165) is 12.8 Å². The van der Waals surface area contributed by atoms with Crippen LogP contribution in [0.4, 0.5) is 11.4 Å². The van der Waals surface area contributed by atoms with Gasteiger partial charge in [0.05, 0.1) is 17.0 Å². The van der Waals surface area contributed by atoms with Crippen molar-refractivity contribution in [3.63, 3.8) is 0 Å². The molecule has 0 bridgehead atoms. The minimum Gasteiger partial charge on any atom is -0.398 e. The van der Waals surface area contributed by atoms with E-state index in [1.54, 1.807) is 0 Å². The summed E-state index contributed by atoms with van der Waals surface area (Å²) in [4.78, 5) is 24.2. The van der Waals surface area contributed by atoms with Crippen molar-refractivity contribution >= 4 is 17.3 Å². The normalized spacial score (nSPS) is 13.6. The van der Waals surface area contributed by atoms with Crippen molar-refractivity contribution in [1.82, 2.24) is 4.90 Å². The number of hydrogen-bond acceptors (Lipinski definition) is 4. The maximum atomic E-state index is 12.4. The summed E-state index contributed by atoms with van der Waals surface area (Å²) >= 11 is 0. The second-order valence-electron chi connectivity index (χ2n) is 4.86. The molecule has 0 unspecified atom stereocenters. The maximum Gasteiger partial charge on any atom is 0.270 e. The van der Waals surface area contributed by atoms with Gasteiger partial charge < -0.3 is 10.6 Å². The highest BCUT2D eigenvalue weighted by atomic mass is 16.6. The van der Waals surface area contributed by atoms with Crippen LogP contribution in [0.25, 0.3) is 0 Å². The Labute approximate surface area is 116 Å². The van der Waals surface area contributed by atoms with Crippen LogP contribution in [0, 0.1) is 28.4 Å². The minimum absolute atomic E-state index is 0.134. The predicted molar refractivity (Wildman–Crippen MR) is 75.0 cm³/mol. The van der Waals surface area contributed by atoms with Crippen molar-refractivity contribution in [3.05, 3.63) is 33.9 Å². The molecule has 0 heterocycles. The van der Waals surface area contributed by atoms with Crippen molar-refractivity contribution in [1.29, 1.82) is 0 Å². The van der Waals surface area contributed by atoms with Gasteiger partial charge in [-0.05, 0) is 24.8 Å². The number of nitrogens with zero attached hydrogens (tertiary/aromatic N) is 2. The minimum atomic E-state index is -0.553. The Hall–Kier alpha value is -2.55. The van der Waals surface area contributed by atoms with Gasteiger partial charge in [0.15, 0.2) is 0 Å². The molecule has 0 spiro atoms. The van der Waals surface area contributed by atoms with Crippen LogP contribution < -0.4 is 5.73 Å². The fourth-order valence-electron chi connectivity index (χ4n) is 1.95. The fraction of sp³-hybridized carbons (Fsp3) is 0.357. The Kier molecular flexibility index (Phi) is 3.89. The number of anilines is 1. The lowest BCUT2D eigenvalue weighted by Gasteiger charge is -2.20. The van der Waals surface area contributed by atoms with E-state index in [1.807, 2.05) is 0 Å². The molecule has 1 saturated carbocycles. The molecule has 1 fully saturated rings. The van der Waals surface area contributed by atoms with Crippen molar-refractivity contribution in [2.75, 3.05) is 18.8 Å². The molecule has 2 N–H and O–H groups in total. The number of hydrogen-bond donors (Lipinski definition) is 1. The molecule has 0 aliphatic heterocycles. The number of rotatable bonds is 5. The third kappa shape index (κ3) is 3.06. The van der Waals surface area contributed by atoms with E-state index >= 15 is 0 Å². The highest BCUT2D eigenvalue weighted by Crippen LogP contribution is 2.30. The molecule has 1 aliphatic rings. The molecule has 2 rings (SSSR count). The molecule has 0 aromatic heterocycles. The molecule has 1 aromatic carbocycles. The summed E-state index contributed by atoms with van der Waals surface area (Å²) in [6.45, 7) is 0.753. The van der Waals surface area contributed by atoms with Crippen molar-refractivity contribution in [2.24, 2.45) is 5.92 Å². The largest absolute Gasteiger partial charge is 0.398 e. The van der Waals surface area contributed by atoms with Crippen LogP contribution in [-0.4, -0.2) is 28.8 Å². The number of carbonyl (C=O) groups is 1. The highest BCUT2D eigenvalue weighted by molar-refractivity contribution is 6.00. The van der Waals surface area contributed by atoms with Gasteiger partial charge in [-0.25, -0.2) is 0 Å². The summed E-state index contributed by atoms with van der Waals surface area (Å²) < 4.78 is 0. The molecule has 1 amide bonds. The van der Waals surface area contributed by atoms with E-state index in [4.69, 9.17) is 12.2 Å². The molecule has 1 aliphatic carbocycles. The molecule has 104 valence electrons. The molecular formula is C14H15N3O3. The second kappa shape index (κ2) is 5.61. The first-order valence-electron chi connectivity index (χ1n) is 6.29. The number of nitrogens with two attached hydrogens (primary N) is 1. The second-order valence-corrected chi connectivity index (χ2v) is 4.86. The number of nitro groups is 1. The Morgan fingerprint density at radius 3 is 2.80 bits per heavy atom. The van der Waals surface area contributed by atoms with Gasteiger partial charge in [-0.3, -0.25) is 14.9 Å². The van der Waals surface area contributed by atoms with Gasteiger partial charge in [-0.15, -0.1) is 6.42 Å². The smallest absolute Gasteiger partial charge is 0.270 e. The van der Waals surface area contributed by atoms with Gasteiger partial charge in [0.25, 0.3) is 11.6 Å². The van der Waals surface area contributed by atoms with Gasteiger partial charge in [0, 0.05) is 24.4 Å². The summed E-state index contributed by atoms with van der Waals surface area (Å²) in [5.74, 6) is 2.57. The van der Waals surface area contributed by atoms with Crippen molar-refractivity contribution in [3.8, 4) is 12.3 Å². The van der Waals surface area contributed by atoms with Crippen LogP contribution in [-0.2, 0) is 0 Å². The molecule has 6 heteroatoms. The third-order valence-electron chi connectivity index (χ3n) is 3.22. The number of amides is 1. The number of non-ortho nitro benzene ring substituents is 1. The first-order valence-corrected chi connectivity index (χ1v) is 6.29. The first-order chi connectivity index (χ1) is 9.52. The van der Waals surface area contributed by atoms with Crippen LogP contribution in [0.1, 0.15) is 23.2 Å².